The van der Waals surface area contributed by atoms with Crippen molar-refractivity contribution in [3.63, 3.8) is 0 Å². The standard InChI is InChI=1S/C26H37N3O6/c1-4-18-17-29(26(33)27-22-8-6-7-21(15-22)25(32)35-5-2)14-11-20(18)16-23(30)28-12-9-19(10-13-28)24(31)34-3/h6-8,15,18-20H,4-5,9-14,16-17H2,1-3H3,(H,27,33)/t18-,20+/m1/s1. The highest BCUT2D eigenvalue weighted by Gasteiger charge is 2.34. The average molecular weight is 488 g/mol. The van der Waals surface area contributed by atoms with Gasteiger partial charge in [0.05, 0.1) is 25.2 Å². The highest BCUT2D eigenvalue weighted by atomic mass is 16.5. The number of benzene rings is 1. The molecule has 0 bridgehead atoms. The number of ether oxygens (including phenoxy) is 2. The number of methoxy groups -OCH3 is 1. The van der Waals surface area contributed by atoms with Crippen LogP contribution in [-0.2, 0) is 19.1 Å². The summed E-state index contributed by atoms with van der Waals surface area (Å²) in [5, 5.41) is 2.89. The zero-order chi connectivity index (χ0) is 25.4. The van der Waals surface area contributed by atoms with Crippen molar-refractivity contribution in [1.29, 1.82) is 0 Å². The molecule has 9 heteroatoms. The van der Waals surface area contributed by atoms with Crippen molar-refractivity contribution in [2.45, 2.75) is 46.0 Å². The number of esters is 2. The molecular weight excluding hydrogens is 450 g/mol. The monoisotopic (exact) mass is 487 g/mol. The van der Waals surface area contributed by atoms with Crippen molar-refractivity contribution in [2.75, 3.05) is 45.2 Å². The molecule has 0 spiro atoms. The number of anilines is 1. The minimum absolute atomic E-state index is 0.118. The van der Waals surface area contributed by atoms with Gasteiger partial charge in [0, 0.05) is 38.3 Å². The van der Waals surface area contributed by atoms with E-state index in [0.29, 0.717) is 56.7 Å². The van der Waals surface area contributed by atoms with Gasteiger partial charge in [-0.2, -0.15) is 0 Å². The lowest BCUT2D eigenvalue weighted by molar-refractivity contribution is -0.149. The fourth-order valence-corrected chi connectivity index (χ4v) is 5.02. The maximum Gasteiger partial charge on any atom is 0.338 e. The second-order valence-electron chi connectivity index (χ2n) is 9.28. The van der Waals surface area contributed by atoms with Crippen LogP contribution >= 0.6 is 0 Å². The number of nitrogens with one attached hydrogen (secondary N) is 1. The summed E-state index contributed by atoms with van der Waals surface area (Å²) in [7, 11) is 1.40. The van der Waals surface area contributed by atoms with Gasteiger partial charge in [0.1, 0.15) is 0 Å². The third-order valence-electron chi connectivity index (χ3n) is 7.15. The van der Waals surface area contributed by atoms with Crippen LogP contribution in [0.15, 0.2) is 24.3 Å². The highest BCUT2D eigenvalue weighted by molar-refractivity contribution is 5.94. The summed E-state index contributed by atoms with van der Waals surface area (Å²) >= 11 is 0. The van der Waals surface area contributed by atoms with Crippen LogP contribution in [0, 0.1) is 17.8 Å². The minimum atomic E-state index is -0.422. The van der Waals surface area contributed by atoms with Gasteiger partial charge in [0.25, 0.3) is 0 Å². The van der Waals surface area contributed by atoms with Crippen LogP contribution in [0.5, 0.6) is 0 Å². The van der Waals surface area contributed by atoms with Gasteiger partial charge in [-0.3, -0.25) is 9.59 Å². The Morgan fingerprint density at radius 3 is 2.37 bits per heavy atom. The highest BCUT2D eigenvalue weighted by Crippen LogP contribution is 2.31. The second-order valence-corrected chi connectivity index (χ2v) is 9.28. The van der Waals surface area contributed by atoms with E-state index in [-0.39, 0.29) is 42.3 Å². The predicted octanol–water partition coefficient (Wildman–Crippen LogP) is 3.55. The molecule has 2 atom stereocenters. The zero-order valence-corrected chi connectivity index (χ0v) is 21.0. The van der Waals surface area contributed by atoms with E-state index in [1.807, 2.05) is 4.90 Å². The first-order chi connectivity index (χ1) is 16.9. The van der Waals surface area contributed by atoms with Gasteiger partial charge in [-0.05, 0) is 56.2 Å². The molecule has 1 N–H and O–H groups in total. The van der Waals surface area contributed by atoms with Crippen LogP contribution in [0.2, 0.25) is 0 Å². The van der Waals surface area contributed by atoms with Gasteiger partial charge >= 0.3 is 18.0 Å². The molecule has 3 amide bonds. The van der Waals surface area contributed by atoms with Gasteiger partial charge in [-0.25, -0.2) is 9.59 Å². The van der Waals surface area contributed by atoms with Crippen molar-refractivity contribution >= 4 is 29.6 Å². The number of likely N-dealkylation sites (tertiary alicyclic amines) is 2. The van der Waals surface area contributed by atoms with E-state index < -0.39 is 5.97 Å². The van der Waals surface area contributed by atoms with E-state index in [9.17, 15) is 19.2 Å². The Morgan fingerprint density at radius 2 is 1.71 bits per heavy atom. The fourth-order valence-electron chi connectivity index (χ4n) is 5.02. The third kappa shape index (κ3) is 6.96. The quantitative estimate of drug-likeness (QED) is 0.590. The van der Waals surface area contributed by atoms with Gasteiger partial charge < -0.3 is 24.6 Å². The lowest BCUT2D eigenvalue weighted by atomic mass is 9.81. The molecule has 1 aromatic rings. The fraction of sp³-hybridized carbons (Fsp3) is 0.615. The summed E-state index contributed by atoms with van der Waals surface area (Å²) < 4.78 is 9.86. The maximum absolute atomic E-state index is 12.9. The first-order valence-electron chi connectivity index (χ1n) is 12.5. The van der Waals surface area contributed by atoms with Crippen LogP contribution in [0.4, 0.5) is 10.5 Å². The summed E-state index contributed by atoms with van der Waals surface area (Å²) in [5.74, 6) is -0.146. The van der Waals surface area contributed by atoms with Crippen molar-refractivity contribution in [2.24, 2.45) is 17.8 Å². The molecule has 2 aliphatic rings. The summed E-state index contributed by atoms with van der Waals surface area (Å²) in [6, 6.07) is 6.51. The van der Waals surface area contributed by atoms with Crippen LogP contribution < -0.4 is 5.32 Å². The summed E-state index contributed by atoms with van der Waals surface area (Å²) in [4.78, 5) is 53.2. The number of nitrogens with zero attached hydrogens (tertiary/aromatic N) is 2. The Kier molecular flexibility index (Phi) is 9.51. The lowest BCUT2D eigenvalue weighted by Crippen LogP contribution is -2.47. The van der Waals surface area contributed by atoms with Crippen molar-refractivity contribution < 1.29 is 28.7 Å². The Hall–Kier alpha value is -3.10. The molecule has 0 radical (unpaired) electrons. The second kappa shape index (κ2) is 12.6. The van der Waals surface area contributed by atoms with E-state index in [0.717, 1.165) is 12.8 Å². The first-order valence-corrected chi connectivity index (χ1v) is 12.5. The number of urea groups is 1. The van der Waals surface area contributed by atoms with Crippen LogP contribution in [0.1, 0.15) is 56.3 Å². The molecule has 2 fully saturated rings. The van der Waals surface area contributed by atoms with Gasteiger partial charge in [-0.15, -0.1) is 0 Å². The summed E-state index contributed by atoms with van der Waals surface area (Å²) in [6.07, 6.45) is 3.40. The minimum Gasteiger partial charge on any atom is -0.469 e. The molecular formula is C26H37N3O6. The van der Waals surface area contributed by atoms with E-state index in [1.54, 1.807) is 36.1 Å². The molecule has 0 saturated carbocycles. The molecule has 0 aromatic heterocycles. The lowest BCUT2D eigenvalue weighted by Gasteiger charge is -2.39. The molecule has 2 saturated heterocycles. The number of rotatable bonds is 7. The SMILES string of the molecule is CCOC(=O)c1cccc(NC(=O)N2CC[C@@H](CC(=O)N3CCC(C(=O)OC)CC3)[C@H](CC)C2)c1. The van der Waals surface area contributed by atoms with Crippen molar-refractivity contribution in [1.82, 2.24) is 9.80 Å². The molecule has 35 heavy (non-hydrogen) atoms. The Morgan fingerprint density at radius 1 is 1.00 bits per heavy atom. The number of piperidine rings is 2. The Bertz CT molecular complexity index is 912. The molecule has 2 heterocycles. The Balaban J connectivity index is 1.51. The maximum atomic E-state index is 12.9. The van der Waals surface area contributed by atoms with Crippen LogP contribution in [0.3, 0.4) is 0 Å². The average Bonchev–Trinajstić information content (AvgIpc) is 2.88. The third-order valence-corrected chi connectivity index (χ3v) is 7.15. The normalized spacial score (nSPS) is 20.8. The number of carbonyl (C=O) groups is 4. The molecule has 9 nitrogen and oxygen atoms in total. The summed E-state index contributed by atoms with van der Waals surface area (Å²) in [5.41, 5.74) is 0.935. The smallest absolute Gasteiger partial charge is 0.338 e. The Labute approximate surface area is 207 Å². The molecule has 0 aliphatic carbocycles. The molecule has 192 valence electrons. The van der Waals surface area contributed by atoms with E-state index in [2.05, 4.69) is 12.2 Å². The number of amides is 3. The van der Waals surface area contributed by atoms with Gasteiger partial charge in [-0.1, -0.05) is 19.4 Å². The van der Waals surface area contributed by atoms with Crippen molar-refractivity contribution in [3.05, 3.63) is 29.8 Å². The van der Waals surface area contributed by atoms with Crippen molar-refractivity contribution in [3.8, 4) is 0 Å². The first kappa shape index (κ1) is 26.5. The number of hydrogen-bond donors (Lipinski definition) is 1. The largest absolute Gasteiger partial charge is 0.469 e. The molecule has 1 aromatic carbocycles. The van der Waals surface area contributed by atoms with Crippen LogP contribution in [-0.4, -0.2) is 73.6 Å². The number of hydrogen-bond acceptors (Lipinski definition) is 6. The van der Waals surface area contributed by atoms with E-state index in [1.165, 1.54) is 7.11 Å². The number of carbonyl (C=O) groups excluding carboxylic acids is 4. The predicted molar refractivity (Wildman–Crippen MR) is 131 cm³/mol. The molecule has 3 rings (SSSR count). The summed E-state index contributed by atoms with van der Waals surface area (Å²) in [6.45, 7) is 6.45. The molecule has 2 aliphatic heterocycles. The van der Waals surface area contributed by atoms with Crippen LogP contribution in [0.25, 0.3) is 0 Å². The van der Waals surface area contributed by atoms with Gasteiger partial charge in [0.2, 0.25) is 5.91 Å². The topological polar surface area (TPSA) is 105 Å². The molecule has 0 unspecified atom stereocenters. The van der Waals surface area contributed by atoms with E-state index in [4.69, 9.17) is 9.47 Å². The van der Waals surface area contributed by atoms with E-state index >= 15 is 0 Å². The zero-order valence-electron chi connectivity index (χ0n) is 21.0. The van der Waals surface area contributed by atoms with Gasteiger partial charge in [0.15, 0.2) is 0 Å².